The molecule has 70 valence electrons. The van der Waals surface area contributed by atoms with Gasteiger partial charge >= 0.3 is 0 Å². The summed E-state index contributed by atoms with van der Waals surface area (Å²) in [5.41, 5.74) is -0.293. The van der Waals surface area contributed by atoms with E-state index in [1.165, 1.54) is 6.07 Å². The van der Waals surface area contributed by atoms with Crippen LogP contribution in [0.25, 0.3) is 0 Å². The van der Waals surface area contributed by atoms with E-state index in [1.807, 2.05) is 0 Å². The third-order valence-corrected chi connectivity index (χ3v) is 2.56. The summed E-state index contributed by atoms with van der Waals surface area (Å²) in [5.74, 6) is 0. The third-order valence-electron chi connectivity index (χ3n) is 1.34. The molecule has 0 aromatic heterocycles. The molecule has 0 amide bonds. The van der Waals surface area contributed by atoms with Gasteiger partial charge in [0, 0.05) is 12.1 Å². The van der Waals surface area contributed by atoms with E-state index < -0.39 is 15.6 Å². The smallest absolute Gasteiger partial charge is 0.258 e. The number of non-ortho nitro benzene ring substituents is 1. The Morgan fingerprint density at radius 3 is 2.46 bits per heavy atom. The second kappa shape index (κ2) is 3.71. The molecule has 0 fully saturated rings. The molecule has 0 N–H and O–H groups in total. The summed E-state index contributed by atoms with van der Waals surface area (Å²) >= 11 is 5.49. The summed E-state index contributed by atoms with van der Waals surface area (Å²) < 4.78 is 21.1. The van der Waals surface area contributed by atoms with Crippen LogP contribution in [0.4, 0.5) is 5.69 Å². The predicted octanol–water partition coefficient (Wildman–Crippen LogP) is 1.22. The normalized spacial score (nSPS) is 10.3. The molecule has 1 aromatic carbocycles. The molecular formula is C6H4ClNO4S. The van der Waals surface area contributed by atoms with Gasteiger partial charge in [0.25, 0.3) is 5.69 Å². The molecule has 0 unspecified atom stereocenters. The van der Waals surface area contributed by atoms with Crippen LogP contribution in [0.3, 0.4) is 0 Å². The molecule has 0 aliphatic carbocycles. The van der Waals surface area contributed by atoms with Gasteiger partial charge in [-0.3, -0.25) is 10.1 Å². The first-order chi connectivity index (χ1) is 6.02. The van der Waals surface area contributed by atoms with Gasteiger partial charge in [0.15, 0.2) is 10.7 Å². The van der Waals surface area contributed by atoms with Crippen molar-refractivity contribution in [2.75, 3.05) is 0 Å². The third kappa shape index (κ3) is 2.16. The molecule has 0 bridgehead atoms. The highest BCUT2D eigenvalue weighted by molar-refractivity contribution is 7.72. The number of nitrogens with zero attached hydrogens (tertiary/aromatic N) is 1. The first kappa shape index (κ1) is 9.94. The van der Waals surface area contributed by atoms with Crippen LogP contribution < -0.4 is 0 Å². The molecule has 0 saturated carbocycles. The number of nitro groups is 1. The van der Waals surface area contributed by atoms with Crippen LogP contribution in [0.2, 0.25) is 5.02 Å². The molecule has 1 rings (SSSR count). The maximum atomic E-state index is 10.5. The number of rotatable bonds is 2. The quantitative estimate of drug-likeness (QED) is 0.463. The highest BCUT2D eigenvalue weighted by Gasteiger charge is 2.10. The number of hydrogen-bond acceptors (Lipinski definition) is 4. The standard InChI is InChI=1S/C6H4ClNO4S/c7-5-2-1-4(8(9)10)3-6(5)13(11)12/h1-3,13H. The lowest BCUT2D eigenvalue weighted by Crippen LogP contribution is -1.90. The molecule has 0 aliphatic rings. The van der Waals surface area contributed by atoms with Gasteiger partial charge in [0.1, 0.15) is 0 Å². The van der Waals surface area contributed by atoms with Gasteiger partial charge in [-0.05, 0) is 6.07 Å². The highest BCUT2D eigenvalue weighted by Crippen LogP contribution is 2.22. The first-order valence-electron chi connectivity index (χ1n) is 3.10. The number of halogens is 1. The van der Waals surface area contributed by atoms with Crippen LogP contribution in [0.15, 0.2) is 23.1 Å². The van der Waals surface area contributed by atoms with Crippen LogP contribution in [-0.2, 0) is 10.7 Å². The van der Waals surface area contributed by atoms with Crippen LogP contribution in [0.5, 0.6) is 0 Å². The minimum atomic E-state index is -2.89. The molecule has 5 nitrogen and oxygen atoms in total. The molecule has 13 heavy (non-hydrogen) atoms. The molecule has 0 radical (unpaired) electrons. The minimum absolute atomic E-state index is 0.0123. The molecule has 0 aliphatic heterocycles. The summed E-state index contributed by atoms with van der Waals surface area (Å²) in [5, 5.41) is 10.2. The fourth-order valence-corrected chi connectivity index (χ4v) is 1.57. The topological polar surface area (TPSA) is 77.3 Å². The van der Waals surface area contributed by atoms with E-state index in [0.29, 0.717) is 0 Å². The van der Waals surface area contributed by atoms with Crippen LogP contribution in [0, 0.1) is 10.1 Å². The average Bonchev–Trinajstić information content (AvgIpc) is 2.04. The fourth-order valence-electron chi connectivity index (χ4n) is 0.755. The van der Waals surface area contributed by atoms with Crippen molar-refractivity contribution in [1.29, 1.82) is 0 Å². The van der Waals surface area contributed by atoms with Gasteiger partial charge in [0.05, 0.1) is 14.8 Å². The fraction of sp³-hybridized carbons (Fsp3) is 0. The average molecular weight is 222 g/mol. The second-order valence-corrected chi connectivity index (χ2v) is 3.55. The Morgan fingerprint density at radius 1 is 1.38 bits per heavy atom. The van der Waals surface area contributed by atoms with Crippen molar-refractivity contribution >= 4 is 28.0 Å². The number of thiol groups is 1. The molecule has 7 heteroatoms. The van der Waals surface area contributed by atoms with E-state index >= 15 is 0 Å². The van der Waals surface area contributed by atoms with Gasteiger partial charge in [-0.15, -0.1) is 0 Å². The Bertz CT molecular complexity index is 421. The maximum Gasteiger partial charge on any atom is 0.270 e. The minimum Gasteiger partial charge on any atom is -0.258 e. The van der Waals surface area contributed by atoms with Crippen LogP contribution >= 0.6 is 11.6 Å². The Labute approximate surface area is 80.0 Å². The van der Waals surface area contributed by atoms with E-state index in [1.54, 1.807) is 0 Å². The highest BCUT2D eigenvalue weighted by atomic mass is 35.5. The summed E-state index contributed by atoms with van der Waals surface area (Å²) in [6.07, 6.45) is 0. The van der Waals surface area contributed by atoms with Crippen molar-refractivity contribution < 1.29 is 13.3 Å². The molecule has 1 aromatic rings. The Morgan fingerprint density at radius 2 is 2.00 bits per heavy atom. The van der Waals surface area contributed by atoms with Gasteiger partial charge in [-0.1, -0.05) is 11.6 Å². The molecule has 0 heterocycles. The largest absolute Gasteiger partial charge is 0.270 e. The predicted molar refractivity (Wildman–Crippen MR) is 46.7 cm³/mol. The van der Waals surface area contributed by atoms with Crippen molar-refractivity contribution in [3.05, 3.63) is 33.3 Å². The van der Waals surface area contributed by atoms with Gasteiger partial charge in [0.2, 0.25) is 0 Å². The van der Waals surface area contributed by atoms with Crippen LogP contribution in [-0.4, -0.2) is 13.3 Å². The van der Waals surface area contributed by atoms with Crippen LogP contribution in [0.1, 0.15) is 0 Å². The number of hydrogen-bond donors (Lipinski definition) is 1. The zero-order valence-electron chi connectivity index (χ0n) is 6.14. The van der Waals surface area contributed by atoms with Gasteiger partial charge in [-0.25, -0.2) is 8.42 Å². The second-order valence-electron chi connectivity index (χ2n) is 2.15. The van der Waals surface area contributed by atoms with E-state index in [2.05, 4.69) is 0 Å². The van der Waals surface area contributed by atoms with E-state index in [4.69, 9.17) is 11.6 Å². The SMILES string of the molecule is O=[N+]([O-])c1ccc(Cl)c([SH](=O)=O)c1. The molecule has 0 atom stereocenters. The van der Waals surface area contributed by atoms with Crippen molar-refractivity contribution in [3.63, 3.8) is 0 Å². The molecule has 0 spiro atoms. The zero-order valence-corrected chi connectivity index (χ0v) is 7.79. The summed E-state index contributed by atoms with van der Waals surface area (Å²) in [6.45, 7) is 0. The van der Waals surface area contributed by atoms with Crippen molar-refractivity contribution in [2.24, 2.45) is 0 Å². The number of benzene rings is 1. The first-order valence-corrected chi connectivity index (χ1v) is 4.66. The number of nitro benzene ring substituents is 1. The lowest BCUT2D eigenvalue weighted by molar-refractivity contribution is -0.385. The van der Waals surface area contributed by atoms with Crippen molar-refractivity contribution in [2.45, 2.75) is 4.90 Å². The van der Waals surface area contributed by atoms with Gasteiger partial charge < -0.3 is 0 Å². The van der Waals surface area contributed by atoms with Crippen molar-refractivity contribution in [1.82, 2.24) is 0 Å². The lowest BCUT2D eigenvalue weighted by atomic mass is 10.3. The molecule has 0 saturated heterocycles. The Balaban J connectivity index is 3.35. The van der Waals surface area contributed by atoms with E-state index in [-0.39, 0.29) is 15.6 Å². The van der Waals surface area contributed by atoms with Crippen molar-refractivity contribution in [3.8, 4) is 0 Å². The monoisotopic (exact) mass is 221 g/mol. The van der Waals surface area contributed by atoms with E-state index in [9.17, 15) is 18.5 Å². The van der Waals surface area contributed by atoms with Gasteiger partial charge in [-0.2, -0.15) is 0 Å². The maximum absolute atomic E-state index is 10.5. The zero-order chi connectivity index (χ0) is 10.0. The molecular weight excluding hydrogens is 218 g/mol. The Hall–Kier alpha value is -1.14. The lowest BCUT2D eigenvalue weighted by Gasteiger charge is -1.95. The summed E-state index contributed by atoms with van der Waals surface area (Å²) in [6, 6.07) is 3.25. The summed E-state index contributed by atoms with van der Waals surface area (Å²) in [7, 11) is -2.89. The Kier molecular flexibility index (Phi) is 2.84. The van der Waals surface area contributed by atoms with E-state index in [0.717, 1.165) is 12.1 Å². The summed E-state index contributed by atoms with van der Waals surface area (Å²) in [4.78, 5) is 9.34.